The molecule has 146 valence electrons. The van der Waals surface area contributed by atoms with Gasteiger partial charge in [0.15, 0.2) is 5.60 Å². The minimum atomic E-state index is -2.74. The molecular weight excluding hydrogens is 356 g/mol. The van der Waals surface area contributed by atoms with E-state index in [0.717, 1.165) is 25.7 Å². The maximum Gasteiger partial charge on any atom is 0.336 e. The van der Waals surface area contributed by atoms with E-state index >= 15 is 0 Å². The molecule has 2 aliphatic rings. The van der Waals surface area contributed by atoms with Crippen LogP contribution in [0.1, 0.15) is 38.5 Å². The molecule has 2 unspecified atom stereocenters. The molecule has 0 aromatic rings. The topological polar surface area (TPSA) is 215 Å². The zero-order valence-electron chi connectivity index (χ0n) is 13.6. The van der Waals surface area contributed by atoms with E-state index < -0.39 is 53.7 Å². The Bertz CT molecular complexity index is 579. The van der Waals surface area contributed by atoms with Gasteiger partial charge in [0.1, 0.15) is 0 Å². The Morgan fingerprint density at radius 2 is 1.19 bits per heavy atom. The first-order chi connectivity index (χ1) is 11.5. The predicted molar refractivity (Wildman–Crippen MR) is 81.2 cm³/mol. The zero-order valence-corrected chi connectivity index (χ0v) is 13.6. The number of Topliss-reactive ketones (excluding diaryl/α,β-unsaturated/α-hetero) is 3. The molecule has 2 saturated carbocycles. The van der Waals surface area contributed by atoms with Gasteiger partial charge in [-0.3, -0.25) is 24.0 Å². The third-order valence-electron chi connectivity index (χ3n) is 4.17. The number of ketones is 3. The Morgan fingerprint density at radius 3 is 1.46 bits per heavy atom. The summed E-state index contributed by atoms with van der Waals surface area (Å²) in [7, 11) is 0. The van der Waals surface area contributed by atoms with Crippen molar-refractivity contribution in [3.05, 3.63) is 0 Å². The maximum atomic E-state index is 11.2. The minimum Gasteiger partial charge on any atom is -0.481 e. The van der Waals surface area contributed by atoms with Gasteiger partial charge in [-0.05, 0) is 12.8 Å². The number of carboxylic acids is 3. The Labute approximate surface area is 146 Å². The molecule has 26 heavy (non-hydrogen) atoms. The molecule has 0 radical (unpaired) electrons. The van der Waals surface area contributed by atoms with Gasteiger partial charge in [-0.1, -0.05) is 12.8 Å². The summed E-state index contributed by atoms with van der Waals surface area (Å²) in [4.78, 5) is 63.8. The molecule has 11 heteroatoms. The van der Waals surface area contributed by atoms with Crippen molar-refractivity contribution >= 4 is 35.3 Å². The van der Waals surface area contributed by atoms with Gasteiger partial charge < -0.3 is 25.9 Å². The summed E-state index contributed by atoms with van der Waals surface area (Å²) in [6.45, 7) is 0. The predicted octanol–water partition coefficient (Wildman–Crippen LogP) is -1.56. The van der Waals surface area contributed by atoms with E-state index in [1.807, 2.05) is 0 Å². The second-order valence-corrected chi connectivity index (χ2v) is 6.03. The number of hydrogen-bond acceptors (Lipinski definition) is 7. The number of rotatable bonds is 5. The van der Waals surface area contributed by atoms with E-state index in [4.69, 9.17) is 20.4 Å². The van der Waals surface area contributed by atoms with Crippen molar-refractivity contribution < 1.29 is 54.7 Å². The molecule has 2 rings (SSSR count). The summed E-state index contributed by atoms with van der Waals surface area (Å²) >= 11 is 0. The molecule has 0 bridgehead atoms. The molecule has 11 nitrogen and oxygen atoms in total. The van der Waals surface area contributed by atoms with Crippen LogP contribution in [0.4, 0.5) is 0 Å². The number of carbonyl (C=O) groups excluding carboxylic acids is 3. The standard InChI is InChI=1S/C9H10O3.C6H8O7.H2O/c10-7-5-3-1-2-4-6(5)8(11)9(7)12;7-3(8)1-6(13,5(11)12)2-4(9)10;/h5-6H,1-4H2;13H,1-2H2,(H,7,8)(H,9,10)(H,11,12);1H2. The third kappa shape index (κ3) is 5.43. The highest BCUT2D eigenvalue weighted by Crippen LogP contribution is 2.36. The van der Waals surface area contributed by atoms with Gasteiger partial charge in [-0.2, -0.15) is 0 Å². The summed E-state index contributed by atoms with van der Waals surface area (Å²) in [6.07, 6.45) is 1.14. The summed E-state index contributed by atoms with van der Waals surface area (Å²) in [5, 5.41) is 33.8. The second kappa shape index (κ2) is 9.15. The lowest BCUT2D eigenvalue weighted by molar-refractivity contribution is -0.170. The Kier molecular flexibility index (Phi) is 8.22. The summed E-state index contributed by atoms with van der Waals surface area (Å²) in [5.74, 6) is -7.12. The highest BCUT2D eigenvalue weighted by molar-refractivity contribution is 6.68. The van der Waals surface area contributed by atoms with Crippen molar-refractivity contribution in [2.24, 2.45) is 11.8 Å². The summed E-state index contributed by atoms with van der Waals surface area (Å²) < 4.78 is 0. The normalized spacial score (nSPS) is 21.8. The fourth-order valence-corrected chi connectivity index (χ4v) is 2.93. The van der Waals surface area contributed by atoms with E-state index in [1.54, 1.807) is 0 Å². The van der Waals surface area contributed by atoms with Gasteiger partial charge in [-0.25, -0.2) is 4.79 Å². The summed E-state index contributed by atoms with van der Waals surface area (Å²) in [6, 6.07) is 0. The largest absolute Gasteiger partial charge is 0.481 e. The van der Waals surface area contributed by atoms with Gasteiger partial charge in [-0.15, -0.1) is 0 Å². The van der Waals surface area contributed by atoms with E-state index in [1.165, 1.54) is 0 Å². The van der Waals surface area contributed by atoms with Crippen molar-refractivity contribution in [1.29, 1.82) is 0 Å². The maximum absolute atomic E-state index is 11.2. The van der Waals surface area contributed by atoms with Crippen LogP contribution in [-0.2, 0) is 28.8 Å². The van der Waals surface area contributed by atoms with Crippen LogP contribution in [0.15, 0.2) is 0 Å². The van der Waals surface area contributed by atoms with Crippen molar-refractivity contribution in [2.75, 3.05) is 0 Å². The van der Waals surface area contributed by atoms with Crippen molar-refractivity contribution in [3.63, 3.8) is 0 Å². The smallest absolute Gasteiger partial charge is 0.336 e. The number of aliphatic carboxylic acids is 3. The molecule has 0 aromatic heterocycles. The minimum absolute atomic E-state index is 0. The highest BCUT2D eigenvalue weighted by atomic mass is 16.4. The third-order valence-corrected chi connectivity index (χ3v) is 4.17. The fraction of sp³-hybridized carbons (Fsp3) is 0.600. The summed E-state index contributed by atoms with van der Waals surface area (Å²) in [5.41, 5.74) is -2.74. The second-order valence-electron chi connectivity index (χ2n) is 6.03. The van der Waals surface area contributed by atoms with Crippen molar-refractivity contribution in [1.82, 2.24) is 0 Å². The van der Waals surface area contributed by atoms with Gasteiger partial charge in [0, 0.05) is 11.8 Å². The van der Waals surface area contributed by atoms with Crippen LogP contribution in [0, 0.1) is 11.8 Å². The van der Waals surface area contributed by atoms with Gasteiger partial charge in [0.05, 0.1) is 12.8 Å². The molecule has 0 heterocycles. The molecule has 0 saturated heterocycles. The Morgan fingerprint density at radius 1 is 0.846 bits per heavy atom. The number of aliphatic hydroxyl groups is 1. The number of hydrogen-bond donors (Lipinski definition) is 4. The van der Waals surface area contributed by atoms with E-state index in [2.05, 4.69) is 0 Å². The number of carboxylic acid groups (broad SMARTS) is 3. The SMILES string of the molecule is O.O=C(O)CC(O)(CC(=O)O)C(=O)O.O=C1C(=O)C2CCCCC2C1=O. The first-order valence-corrected chi connectivity index (χ1v) is 7.51. The highest BCUT2D eigenvalue weighted by Gasteiger charge is 2.49. The monoisotopic (exact) mass is 376 g/mol. The van der Waals surface area contributed by atoms with Crippen LogP contribution >= 0.6 is 0 Å². The number of carbonyl (C=O) groups is 6. The molecule has 2 fully saturated rings. The molecule has 6 N–H and O–H groups in total. The number of fused-ring (bicyclic) bond motifs is 1. The zero-order chi connectivity index (χ0) is 19.4. The lowest BCUT2D eigenvalue weighted by Crippen LogP contribution is -2.42. The van der Waals surface area contributed by atoms with Gasteiger partial charge >= 0.3 is 17.9 Å². The average molecular weight is 376 g/mol. The Balaban J connectivity index is 0.000000463. The van der Waals surface area contributed by atoms with Crippen LogP contribution in [0.2, 0.25) is 0 Å². The molecule has 0 amide bonds. The molecule has 2 atom stereocenters. The lowest BCUT2D eigenvalue weighted by atomic mass is 9.81. The quantitative estimate of drug-likeness (QED) is 0.404. The van der Waals surface area contributed by atoms with Crippen LogP contribution in [0.3, 0.4) is 0 Å². The average Bonchev–Trinajstić information content (AvgIpc) is 2.71. The van der Waals surface area contributed by atoms with Crippen LogP contribution < -0.4 is 0 Å². The first kappa shape index (κ1) is 23.3. The van der Waals surface area contributed by atoms with Crippen molar-refractivity contribution in [2.45, 2.75) is 44.1 Å². The van der Waals surface area contributed by atoms with Gasteiger partial charge in [0.2, 0.25) is 11.6 Å². The first-order valence-electron chi connectivity index (χ1n) is 7.51. The van der Waals surface area contributed by atoms with E-state index in [9.17, 15) is 28.8 Å². The van der Waals surface area contributed by atoms with Crippen LogP contribution in [0.5, 0.6) is 0 Å². The van der Waals surface area contributed by atoms with Gasteiger partial charge in [0.25, 0.3) is 5.78 Å². The molecule has 0 aliphatic heterocycles. The Hall–Kier alpha value is -2.66. The van der Waals surface area contributed by atoms with E-state index in [-0.39, 0.29) is 17.3 Å². The lowest BCUT2D eigenvalue weighted by Gasteiger charge is -2.20. The molecule has 2 aliphatic carbocycles. The van der Waals surface area contributed by atoms with Crippen LogP contribution in [-0.4, -0.2) is 66.8 Å². The molecule has 0 aromatic carbocycles. The van der Waals surface area contributed by atoms with Crippen LogP contribution in [0.25, 0.3) is 0 Å². The van der Waals surface area contributed by atoms with E-state index in [0.29, 0.717) is 0 Å². The fourth-order valence-electron chi connectivity index (χ4n) is 2.93. The van der Waals surface area contributed by atoms with Crippen molar-refractivity contribution in [3.8, 4) is 0 Å². The molecule has 0 spiro atoms. The molecular formula is C15H20O11.